The van der Waals surface area contributed by atoms with Crippen molar-refractivity contribution in [3.63, 3.8) is 0 Å². The number of carbonyl (C=O) groups is 1. The number of hydrogen-bond acceptors (Lipinski definition) is 5. The Bertz CT molecular complexity index is 615. The molecule has 1 unspecified atom stereocenters. The number of ether oxygens (including phenoxy) is 2. The van der Waals surface area contributed by atoms with E-state index in [1.807, 2.05) is 6.92 Å². The van der Waals surface area contributed by atoms with Gasteiger partial charge in [-0.15, -0.1) is 0 Å². The summed E-state index contributed by atoms with van der Waals surface area (Å²) in [4.78, 5) is 13.0. The van der Waals surface area contributed by atoms with Crippen LogP contribution >= 0.6 is 0 Å². The van der Waals surface area contributed by atoms with Crippen LogP contribution in [0.25, 0.3) is 0 Å². The van der Waals surface area contributed by atoms with Crippen LogP contribution in [0.3, 0.4) is 0 Å². The summed E-state index contributed by atoms with van der Waals surface area (Å²) < 4.78 is 37.5. The number of nitrogens with one attached hydrogen (secondary N) is 1. The Morgan fingerprint density at radius 2 is 2.05 bits per heavy atom. The number of amides is 1. The van der Waals surface area contributed by atoms with Crippen LogP contribution in [-0.2, 0) is 19.6 Å². The van der Waals surface area contributed by atoms with Gasteiger partial charge in [0.15, 0.2) is 0 Å². The lowest BCUT2D eigenvalue weighted by atomic mass is 10.3. The van der Waals surface area contributed by atoms with Gasteiger partial charge >= 0.3 is 0 Å². The molecule has 0 bridgehead atoms. The van der Waals surface area contributed by atoms with Gasteiger partial charge in [0.05, 0.1) is 17.6 Å². The minimum Gasteiger partial charge on any atom is -0.494 e. The third-order valence-corrected chi connectivity index (χ3v) is 4.73. The van der Waals surface area contributed by atoms with Gasteiger partial charge in [-0.25, -0.2) is 13.1 Å². The summed E-state index contributed by atoms with van der Waals surface area (Å²) in [5, 5.41) is 0. The highest BCUT2D eigenvalue weighted by Gasteiger charge is 2.25. The fourth-order valence-corrected chi connectivity index (χ4v) is 3.12. The van der Waals surface area contributed by atoms with Gasteiger partial charge in [0.2, 0.25) is 15.9 Å². The quantitative estimate of drug-likeness (QED) is 0.807. The fraction of sp³-hybridized carbons (Fsp3) is 0.500. The second-order valence-corrected chi connectivity index (χ2v) is 6.73. The van der Waals surface area contributed by atoms with E-state index in [0.29, 0.717) is 18.9 Å². The summed E-state index contributed by atoms with van der Waals surface area (Å²) in [5.74, 6) is 0.517. The van der Waals surface area contributed by atoms with Crippen molar-refractivity contribution in [1.82, 2.24) is 9.62 Å². The zero-order chi connectivity index (χ0) is 16.2. The molecule has 0 aliphatic carbocycles. The summed E-state index contributed by atoms with van der Waals surface area (Å²) >= 11 is 0. The molecule has 1 aliphatic heterocycles. The average Bonchev–Trinajstić information content (AvgIpc) is 2.49. The molecule has 7 nitrogen and oxygen atoms in total. The van der Waals surface area contributed by atoms with Crippen LogP contribution in [0.4, 0.5) is 0 Å². The molecule has 0 aromatic heterocycles. The number of nitrogens with zero attached hydrogens (tertiary/aromatic N) is 1. The monoisotopic (exact) mass is 328 g/mol. The van der Waals surface area contributed by atoms with E-state index >= 15 is 0 Å². The smallest absolute Gasteiger partial charge is 0.248 e. The van der Waals surface area contributed by atoms with Gasteiger partial charge in [-0.1, -0.05) is 0 Å². The molecule has 0 saturated carbocycles. The number of rotatable bonds is 6. The Labute approximate surface area is 130 Å². The van der Waals surface area contributed by atoms with Gasteiger partial charge in [0, 0.05) is 20.1 Å². The Morgan fingerprint density at radius 1 is 1.36 bits per heavy atom. The summed E-state index contributed by atoms with van der Waals surface area (Å²) in [5.41, 5.74) is 0. The molecule has 8 heteroatoms. The maximum Gasteiger partial charge on any atom is 0.248 e. The van der Waals surface area contributed by atoms with Gasteiger partial charge in [-0.3, -0.25) is 4.79 Å². The van der Waals surface area contributed by atoms with E-state index in [2.05, 4.69) is 4.72 Å². The minimum absolute atomic E-state index is 0.0219. The van der Waals surface area contributed by atoms with Gasteiger partial charge < -0.3 is 14.4 Å². The van der Waals surface area contributed by atoms with E-state index in [1.165, 1.54) is 17.0 Å². The van der Waals surface area contributed by atoms with Crippen molar-refractivity contribution in [3.05, 3.63) is 24.3 Å². The molecule has 0 spiro atoms. The second-order valence-electron chi connectivity index (χ2n) is 4.96. The highest BCUT2D eigenvalue weighted by atomic mass is 32.2. The number of carbonyl (C=O) groups excluding carboxylic acids is 1. The lowest BCUT2D eigenvalue weighted by Crippen LogP contribution is -2.48. The molecular formula is C14H20N2O5S. The highest BCUT2D eigenvalue weighted by molar-refractivity contribution is 7.89. The van der Waals surface area contributed by atoms with E-state index < -0.39 is 10.0 Å². The van der Waals surface area contributed by atoms with Gasteiger partial charge in [0.1, 0.15) is 12.4 Å². The van der Waals surface area contributed by atoms with E-state index in [4.69, 9.17) is 9.47 Å². The van der Waals surface area contributed by atoms with Crippen LogP contribution in [0.5, 0.6) is 5.75 Å². The maximum absolute atomic E-state index is 12.2. The molecule has 1 saturated heterocycles. The molecule has 1 atom stereocenters. The van der Waals surface area contributed by atoms with Crippen molar-refractivity contribution >= 4 is 15.9 Å². The first-order valence-electron chi connectivity index (χ1n) is 7.00. The third kappa shape index (κ3) is 4.19. The van der Waals surface area contributed by atoms with Gasteiger partial charge in [-0.2, -0.15) is 0 Å². The number of benzene rings is 1. The molecule has 1 aromatic rings. The van der Waals surface area contributed by atoms with Crippen molar-refractivity contribution in [2.24, 2.45) is 0 Å². The molecule has 1 aliphatic rings. The maximum atomic E-state index is 12.2. The Kier molecular flexibility index (Phi) is 5.38. The highest BCUT2D eigenvalue weighted by Crippen LogP contribution is 2.16. The Morgan fingerprint density at radius 3 is 2.64 bits per heavy atom. The Balaban J connectivity index is 1.94. The van der Waals surface area contributed by atoms with Crippen LogP contribution in [0, 0.1) is 0 Å². The predicted molar refractivity (Wildman–Crippen MR) is 80.2 cm³/mol. The summed E-state index contributed by atoms with van der Waals surface area (Å²) in [6.07, 6.45) is -0.347. The zero-order valence-corrected chi connectivity index (χ0v) is 13.4. The van der Waals surface area contributed by atoms with Gasteiger partial charge in [-0.05, 0) is 31.2 Å². The molecule has 1 amide bonds. The number of morpholine rings is 1. The number of likely N-dealkylation sites (N-methyl/N-ethyl adjacent to an activating group) is 1. The molecule has 2 rings (SSSR count). The van der Waals surface area contributed by atoms with E-state index in [-0.39, 0.29) is 30.1 Å². The third-order valence-electron chi connectivity index (χ3n) is 3.29. The van der Waals surface area contributed by atoms with Crippen molar-refractivity contribution in [2.75, 3.05) is 33.4 Å². The van der Waals surface area contributed by atoms with Crippen LogP contribution in [0.15, 0.2) is 29.2 Å². The van der Waals surface area contributed by atoms with Crippen LogP contribution < -0.4 is 9.46 Å². The van der Waals surface area contributed by atoms with E-state index in [9.17, 15) is 13.2 Å². The number of sulfonamides is 1. The standard InChI is InChI=1S/C14H20N2O5S/c1-3-20-11-4-6-13(7-5-11)22(18,19)15-8-12-9-16(2)14(17)10-21-12/h4-7,12,15H,3,8-10H2,1-2H3. The summed E-state index contributed by atoms with van der Waals surface area (Å²) in [6.45, 7) is 2.84. The lowest BCUT2D eigenvalue weighted by Gasteiger charge is -2.29. The molecule has 122 valence electrons. The zero-order valence-electron chi connectivity index (χ0n) is 12.6. The molecular weight excluding hydrogens is 308 g/mol. The largest absolute Gasteiger partial charge is 0.494 e. The molecule has 1 N–H and O–H groups in total. The first kappa shape index (κ1) is 16.7. The normalized spacial score (nSPS) is 19.3. The average molecular weight is 328 g/mol. The van der Waals surface area contributed by atoms with Crippen LogP contribution in [0.1, 0.15) is 6.92 Å². The van der Waals surface area contributed by atoms with Crippen LogP contribution in [-0.4, -0.2) is 58.7 Å². The summed E-state index contributed by atoms with van der Waals surface area (Å²) in [7, 11) is -1.95. The first-order valence-corrected chi connectivity index (χ1v) is 8.49. The van der Waals surface area contributed by atoms with Crippen molar-refractivity contribution in [1.29, 1.82) is 0 Å². The van der Waals surface area contributed by atoms with Crippen molar-refractivity contribution in [2.45, 2.75) is 17.9 Å². The van der Waals surface area contributed by atoms with E-state index in [0.717, 1.165) is 0 Å². The molecule has 0 radical (unpaired) electrons. The first-order chi connectivity index (χ1) is 10.4. The SMILES string of the molecule is CCOc1ccc(S(=O)(=O)NCC2CN(C)C(=O)CO2)cc1. The topological polar surface area (TPSA) is 84.9 Å². The van der Waals surface area contributed by atoms with Crippen molar-refractivity contribution < 1.29 is 22.7 Å². The van der Waals surface area contributed by atoms with Crippen molar-refractivity contribution in [3.8, 4) is 5.75 Å². The predicted octanol–water partition coefficient (Wildman–Crippen LogP) is 0.221. The van der Waals surface area contributed by atoms with Crippen LogP contribution in [0.2, 0.25) is 0 Å². The Hall–Kier alpha value is -1.64. The molecule has 1 fully saturated rings. The minimum atomic E-state index is -3.61. The summed E-state index contributed by atoms with van der Waals surface area (Å²) in [6, 6.07) is 6.21. The molecule has 22 heavy (non-hydrogen) atoms. The molecule has 1 aromatic carbocycles. The molecule has 1 heterocycles. The van der Waals surface area contributed by atoms with E-state index in [1.54, 1.807) is 19.2 Å². The van der Waals surface area contributed by atoms with Gasteiger partial charge in [0.25, 0.3) is 0 Å². The lowest BCUT2D eigenvalue weighted by molar-refractivity contribution is -0.146. The second kappa shape index (κ2) is 7.08. The number of hydrogen-bond donors (Lipinski definition) is 1. The fourth-order valence-electron chi connectivity index (χ4n) is 2.05.